The van der Waals surface area contributed by atoms with Crippen LogP contribution in [0.25, 0.3) is 0 Å². The van der Waals surface area contributed by atoms with Crippen molar-refractivity contribution in [2.24, 2.45) is 12.9 Å². The van der Waals surface area contributed by atoms with Crippen LogP contribution in [-0.2, 0) is 13.6 Å². The van der Waals surface area contributed by atoms with Crippen molar-refractivity contribution in [1.29, 1.82) is 0 Å². The third-order valence-corrected chi connectivity index (χ3v) is 2.82. The number of amides is 1. The highest BCUT2D eigenvalue weighted by Crippen LogP contribution is 2.22. The quantitative estimate of drug-likeness (QED) is 0.398. The van der Waals surface area contributed by atoms with Crippen molar-refractivity contribution in [2.75, 3.05) is 5.43 Å². The lowest BCUT2D eigenvalue weighted by molar-refractivity contribution is -0.385. The molecule has 0 saturated carbocycles. The number of nitrogen functional groups attached to an aromatic ring is 1. The summed E-state index contributed by atoms with van der Waals surface area (Å²) in [5, 5.41) is 21.0. The van der Waals surface area contributed by atoms with E-state index in [4.69, 9.17) is 5.84 Å². The topological polar surface area (TPSA) is 141 Å². The van der Waals surface area contributed by atoms with E-state index in [1.807, 2.05) is 0 Å². The first-order valence-corrected chi connectivity index (χ1v) is 5.89. The van der Waals surface area contributed by atoms with Crippen LogP contribution in [-0.4, -0.2) is 25.6 Å². The smallest absolute Gasteiger partial charge is 0.282 e. The van der Waals surface area contributed by atoms with Crippen LogP contribution in [0, 0.1) is 10.1 Å². The van der Waals surface area contributed by atoms with Gasteiger partial charge in [0.15, 0.2) is 5.82 Å². The second-order valence-corrected chi connectivity index (χ2v) is 4.17. The number of hydrogen-bond acceptors (Lipinski definition) is 7. The zero-order valence-electron chi connectivity index (χ0n) is 11.1. The Balaban J connectivity index is 2.21. The monoisotopic (exact) mass is 291 g/mol. The molecule has 2 rings (SSSR count). The maximum Gasteiger partial charge on any atom is 0.282 e. The Hall–Kier alpha value is -3.01. The fourth-order valence-electron chi connectivity index (χ4n) is 1.69. The number of aromatic nitrogens is 3. The first kappa shape index (κ1) is 14.4. The van der Waals surface area contributed by atoms with Gasteiger partial charge in [-0.1, -0.05) is 0 Å². The van der Waals surface area contributed by atoms with E-state index < -0.39 is 10.8 Å². The van der Waals surface area contributed by atoms with E-state index in [-0.39, 0.29) is 17.8 Å². The number of anilines is 1. The van der Waals surface area contributed by atoms with Crippen molar-refractivity contribution in [2.45, 2.75) is 6.54 Å². The zero-order chi connectivity index (χ0) is 15.4. The molecule has 2 aromatic rings. The Labute approximate surface area is 119 Å². The highest BCUT2D eigenvalue weighted by Gasteiger charge is 2.20. The van der Waals surface area contributed by atoms with Gasteiger partial charge in [0.25, 0.3) is 11.6 Å². The number of nitrogens with two attached hydrogens (primary N) is 1. The number of hydrogen-bond donors (Lipinski definition) is 3. The summed E-state index contributed by atoms with van der Waals surface area (Å²) < 4.78 is 1.63. The Morgan fingerprint density at radius 2 is 2.29 bits per heavy atom. The molecule has 21 heavy (non-hydrogen) atoms. The number of hydrazine groups is 1. The summed E-state index contributed by atoms with van der Waals surface area (Å²) in [4.78, 5) is 22.4. The van der Waals surface area contributed by atoms with E-state index in [9.17, 15) is 14.9 Å². The third kappa shape index (κ3) is 3.12. The predicted octanol–water partition coefficient (Wildman–Crippen LogP) is -0.0611. The molecule has 0 aliphatic rings. The molecule has 10 heteroatoms. The van der Waals surface area contributed by atoms with E-state index in [0.29, 0.717) is 11.5 Å². The molecule has 0 radical (unpaired) electrons. The molecule has 10 nitrogen and oxygen atoms in total. The van der Waals surface area contributed by atoms with Crippen molar-refractivity contribution in [3.63, 3.8) is 0 Å². The van der Waals surface area contributed by atoms with Gasteiger partial charge in [-0.2, -0.15) is 0 Å². The number of nitro benzene ring substituents is 1. The molecule has 1 amide bonds. The van der Waals surface area contributed by atoms with Crippen molar-refractivity contribution < 1.29 is 9.72 Å². The van der Waals surface area contributed by atoms with Gasteiger partial charge in [-0.15, -0.1) is 10.2 Å². The second kappa shape index (κ2) is 5.96. The molecular weight excluding hydrogens is 278 g/mol. The summed E-state index contributed by atoms with van der Waals surface area (Å²) >= 11 is 0. The normalized spacial score (nSPS) is 10.2. The van der Waals surface area contributed by atoms with E-state index in [1.54, 1.807) is 11.6 Å². The number of rotatable bonds is 5. The summed E-state index contributed by atoms with van der Waals surface area (Å²) in [6.45, 7) is 0.104. The molecule has 1 aromatic heterocycles. The van der Waals surface area contributed by atoms with Crippen LogP contribution in [0.4, 0.5) is 11.4 Å². The Morgan fingerprint density at radius 3 is 2.86 bits per heavy atom. The first-order chi connectivity index (χ1) is 10.0. The standard InChI is InChI=1S/C11H13N7O3/c1-17-6-14-16-10(17)5-13-11(19)8-4-7(15-12)2-3-9(8)18(20)21/h2-4,6,15H,5,12H2,1H3,(H,13,19). The molecule has 0 fully saturated rings. The fourth-order valence-corrected chi connectivity index (χ4v) is 1.69. The number of nitrogens with zero attached hydrogens (tertiary/aromatic N) is 4. The Morgan fingerprint density at radius 1 is 1.52 bits per heavy atom. The molecule has 0 bridgehead atoms. The number of aryl methyl sites for hydroxylation is 1. The highest BCUT2D eigenvalue weighted by atomic mass is 16.6. The Kier molecular flexibility index (Phi) is 4.09. The van der Waals surface area contributed by atoms with Crippen LogP contribution in [0.2, 0.25) is 0 Å². The van der Waals surface area contributed by atoms with Crippen LogP contribution in [0.15, 0.2) is 24.5 Å². The number of nitrogens with one attached hydrogen (secondary N) is 2. The molecule has 1 heterocycles. The number of benzene rings is 1. The number of nitro groups is 1. The summed E-state index contributed by atoms with van der Waals surface area (Å²) in [5.74, 6) is 5.17. The van der Waals surface area contributed by atoms with Gasteiger partial charge in [0.05, 0.1) is 11.5 Å². The zero-order valence-corrected chi connectivity index (χ0v) is 11.1. The van der Waals surface area contributed by atoms with Crippen LogP contribution in [0.3, 0.4) is 0 Å². The predicted molar refractivity (Wildman–Crippen MR) is 73.1 cm³/mol. The first-order valence-electron chi connectivity index (χ1n) is 5.89. The molecule has 0 aliphatic carbocycles. The molecule has 1 aromatic carbocycles. The third-order valence-electron chi connectivity index (χ3n) is 2.82. The van der Waals surface area contributed by atoms with Gasteiger partial charge in [-0.05, 0) is 12.1 Å². The highest BCUT2D eigenvalue weighted by molar-refractivity contribution is 5.99. The van der Waals surface area contributed by atoms with Crippen LogP contribution < -0.4 is 16.6 Å². The van der Waals surface area contributed by atoms with Gasteiger partial charge in [0, 0.05) is 18.8 Å². The van der Waals surface area contributed by atoms with Crippen molar-refractivity contribution in [3.8, 4) is 0 Å². The fraction of sp³-hybridized carbons (Fsp3) is 0.182. The number of carbonyl (C=O) groups excluding carboxylic acids is 1. The SMILES string of the molecule is Cn1cnnc1CNC(=O)c1cc(NN)ccc1[N+](=O)[O-]. The summed E-state index contributed by atoms with van der Waals surface area (Å²) in [7, 11) is 1.73. The Bertz CT molecular complexity index is 682. The van der Waals surface area contributed by atoms with E-state index in [0.717, 1.165) is 0 Å². The minimum Gasteiger partial charge on any atom is -0.345 e. The summed E-state index contributed by atoms with van der Waals surface area (Å²) in [6, 6.07) is 3.94. The average Bonchev–Trinajstić information content (AvgIpc) is 2.89. The van der Waals surface area contributed by atoms with Gasteiger partial charge in [0.1, 0.15) is 11.9 Å². The second-order valence-electron chi connectivity index (χ2n) is 4.17. The molecule has 4 N–H and O–H groups in total. The van der Waals surface area contributed by atoms with Gasteiger partial charge in [0.2, 0.25) is 0 Å². The average molecular weight is 291 g/mol. The summed E-state index contributed by atoms with van der Waals surface area (Å²) in [6.07, 6.45) is 1.49. The molecular formula is C11H13N7O3. The van der Waals surface area contributed by atoms with Crippen molar-refractivity contribution in [1.82, 2.24) is 20.1 Å². The maximum atomic E-state index is 12.1. The van der Waals surface area contributed by atoms with Gasteiger partial charge in [-0.3, -0.25) is 20.8 Å². The van der Waals surface area contributed by atoms with Crippen molar-refractivity contribution in [3.05, 3.63) is 46.0 Å². The minimum atomic E-state index is -0.627. The summed E-state index contributed by atoms with van der Waals surface area (Å²) in [5.41, 5.74) is 2.34. The van der Waals surface area contributed by atoms with E-state index >= 15 is 0 Å². The van der Waals surface area contributed by atoms with Gasteiger partial charge < -0.3 is 15.3 Å². The van der Waals surface area contributed by atoms with Crippen LogP contribution in [0.1, 0.15) is 16.2 Å². The molecule has 0 saturated heterocycles. The maximum absolute atomic E-state index is 12.1. The molecule has 0 unspecified atom stereocenters. The molecule has 0 atom stereocenters. The van der Waals surface area contributed by atoms with Gasteiger partial charge in [-0.25, -0.2) is 0 Å². The lowest BCUT2D eigenvalue weighted by atomic mass is 10.1. The minimum absolute atomic E-state index is 0.0855. The number of carbonyl (C=O) groups is 1. The van der Waals surface area contributed by atoms with E-state index in [1.165, 1.54) is 24.5 Å². The van der Waals surface area contributed by atoms with E-state index in [2.05, 4.69) is 20.9 Å². The van der Waals surface area contributed by atoms with Gasteiger partial charge >= 0.3 is 0 Å². The molecule has 0 spiro atoms. The molecule has 110 valence electrons. The van der Waals surface area contributed by atoms with Crippen LogP contribution >= 0.6 is 0 Å². The van der Waals surface area contributed by atoms with Crippen molar-refractivity contribution >= 4 is 17.3 Å². The lowest BCUT2D eigenvalue weighted by Crippen LogP contribution is -2.25. The molecule has 0 aliphatic heterocycles. The largest absolute Gasteiger partial charge is 0.345 e. The lowest BCUT2D eigenvalue weighted by Gasteiger charge is -2.07. The van der Waals surface area contributed by atoms with Crippen LogP contribution in [0.5, 0.6) is 0 Å².